The van der Waals surface area contributed by atoms with Crippen LogP contribution in [0.25, 0.3) is 0 Å². The lowest BCUT2D eigenvalue weighted by Crippen LogP contribution is -2.38. The average Bonchev–Trinajstić information content (AvgIpc) is 2.41. The molecule has 1 aliphatic rings. The van der Waals surface area contributed by atoms with Crippen molar-refractivity contribution in [2.45, 2.75) is 31.8 Å². The third kappa shape index (κ3) is 3.26. The number of nitrogens with zero attached hydrogens (tertiary/aromatic N) is 1. The summed E-state index contributed by atoms with van der Waals surface area (Å²) in [6.07, 6.45) is 3.64. The van der Waals surface area contributed by atoms with E-state index in [1.54, 1.807) is 30.1 Å². The minimum atomic E-state index is -0.312. The zero-order chi connectivity index (χ0) is 13.8. The van der Waals surface area contributed by atoms with Crippen LogP contribution < -0.4 is 0 Å². The van der Waals surface area contributed by atoms with Gasteiger partial charge in [0.25, 0.3) is 5.91 Å². The molecular formula is C15H21NO3. The summed E-state index contributed by atoms with van der Waals surface area (Å²) in [7, 11) is 1.72. The SMILES string of the molecule is CN(CC1CCCCC1O)C(=O)c1ccccc1O. The van der Waals surface area contributed by atoms with Gasteiger partial charge in [-0.2, -0.15) is 0 Å². The predicted octanol–water partition coefficient (Wildman–Crippen LogP) is 2.02. The number of rotatable bonds is 3. The highest BCUT2D eigenvalue weighted by Gasteiger charge is 2.26. The molecule has 1 aliphatic carbocycles. The fourth-order valence-electron chi connectivity index (χ4n) is 2.70. The van der Waals surface area contributed by atoms with Crippen LogP contribution in [0.15, 0.2) is 24.3 Å². The van der Waals surface area contributed by atoms with Gasteiger partial charge in [0.2, 0.25) is 0 Å². The van der Waals surface area contributed by atoms with E-state index in [4.69, 9.17) is 0 Å². The van der Waals surface area contributed by atoms with E-state index in [0.717, 1.165) is 25.7 Å². The summed E-state index contributed by atoms with van der Waals surface area (Å²) in [6.45, 7) is 0.536. The smallest absolute Gasteiger partial charge is 0.257 e. The molecule has 1 saturated carbocycles. The topological polar surface area (TPSA) is 60.8 Å². The summed E-state index contributed by atoms with van der Waals surface area (Å²) in [5, 5.41) is 19.6. The van der Waals surface area contributed by atoms with E-state index in [1.807, 2.05) is 0 Å². The zero-order valence-electron chi connectivity index (χ0n) is 11.2. The van der Waals surface area contributed by atoms with Gasteiger partial charge in [-0.25, -0.2) is 0 Å². The Kier molecular flexibility index (Phi) is 4.43. The Morgan fingerprint density at radius 2 is 2.00 bits per heavy atom. The Bertz CT molecular complexity index is 447. The van der Waals surface area contributed by atoms with Crippen molar-refractivity contribution in [1.82, 2.24) is 4.90 Å². The molecule has 1 amide bonds. The van der Waals surface area contributed by atoms with Crippen molar-refractivity contribution in [2.75, 3.05) is 13.6 Å². The quantitative estimate of drug-likeness (QED) is 0.877. The van der Waals surface area contributed by atoms with E-state index in [-0.39, 0.29) is 23.7 Å². The molecule has 2 unspecified atom stereocenters. The van der Waals surface area contributed by atoms with Gasteiger partial charge in [0.1, 0.15) is 5.75 Å². The van der Waals surface area contributed by atoms with Crippen LogP contribution in [0.5, 0.6) is 5.75 Å². The molecule has 0 heterocycles. The van der Waals surface area contributed by atoms with E-state index < -0.39 is 0 Å². The van der Waals surface area contributed by atoms with Crippen LogP contribution in [-0.4, -0.2) is 40.7 Å². The number of aliphatic hydroxyl groups is 1. The van der Waals surface area contributed by atoms with Crippen LogP contribution in [0.3, 0.4) is 0 Å². The number of benzene rings is 1. The molecule has 0 aliphatic heterocycles. The van der Waals surface area contributed by atoms with Gasteiger partial charge in [-0.3, -0.25) is 4.79 Å². The summed E-state index contributed by atoms with van der Waals surface area (Å²) in [4.78, 5) is 13.8. The van der Waals surface area contributed by atoms with Gasteiger partial charge in [0.15, 0.2) is 0 Å². The second-order valence-corrected chi connectivity index (χ2v) is 5.31. The highest BCUT2D eigenvalue weighted by atomic mass is 16.3. The molecule has 0 spiro atoms. The third-order valence-corrected chi connectivity index (χ3v) is 3.86. The number of amides is 1. The van der Waals surface area contributed by atoms with Crippen LogP contribution in [-0.2, 0) is 0 Å². The number of carbonyl (C=O) groups excluding carboxylic acids is 1. The molecule has 104 valence electrons. The highest BCUT2D eigenvalue weighted by Crippen LogP contribution is 2.26. The molecule has 1 fully saturated rings. The maximum atomic E-state index is 12.2. The van der Waals surface area contributed by atoms with Gasteiger partial charge in [0.05, 0.1) is 11.7 Å². The summed E-state index contributed by atoms with van der Waals surface area (Å²) < 4.78 is 0. The van der Waals surface area contributed by atoms with Crippen LogP contribution in [0, 0.1) is 5.92 Å². The number of phenols is 1. The molecule has 2 N–H and O–H groups in total. The zero-order valence-corrected chi connectivity index (χ0v) is 11.2. The molecule has 0 bridgehead atoms. The lowest BCUT2D eigenvalue weighted by molar-refractivity contribution is 0.0450. The van der Waals surface area contributed by atoms with Crippen molar-refractivity contribution in [2.24, 2.45) is 5.92 Å². The van der Waals surface area contributed by atoms with Crippen LogP contribution in [0.4, 0.5) is 0 Å². The number of aliphatic hydroxyl groups excluding tert-OH is 1. The van der Waals surface area contributed by atoms with Crippen molar-refractivity contribution >= 4 is 5.91 Å². The largest absolute Gasteiger partial charge is 0.507 e. The molecule has 0 saturated heterocycles. The first-order valence-corrected chi connectivity index (χ1v) is 6.81. The van der Waals surface area contributed by atoms with Crippen molar-refractivity contribution < 1.29 is 15.0 Å². The second-order valence-electron chi connectivity index (χ2n) is 5.31. The number of aromatic hydroxyl groups is 1. The number of para-hydroxylation sites is 1. The molecule has 4 nitrogen and oxygen atoms in total. The van der Waals surface area contributed by atoms with Gasteiger partial charge in [-0.1, -0.05) is 25.0 Å². The normalized spacial score (nSPS) is 23.1. The first kappa shape index (κ1) is 13.9. The first-order chi connectivity index (χ1) is 9.09. The van der Waals surface area contributed by atoms with E-state index in [1.165, 1.54) is 6.07 Å². The molecule has 2 atom stereocenters. The molecule has 4 heteroatoms. The number of phenolic OH excluding ortho intramolecular Hbond substituents is 1. The van der Waals surface area contributed by atoms with Gasteiger partial charge in [-0.15, -0.1) is 0 Å². The summed E-state index contributed by atoms with van der Waals surface area (Å²) in [6, 6.07) is 6.55. The van der Waals surface area contributed by atoms with Crippen molar-refractivity contribution in [3.05, 3.63) is 29.8 Å². The lowest BCUT2D eigenvalue weighted by Gasteiger charge is -2.31. The minimum Gasteiger partial charge on any atom is -0.507 e. The van der Waals surface area contributed by atoms with Crippen molar-refractivity contribution in [3.8, 4) is 5.75 Å². The highest BCUT2D eigenvalue weighted by molar-refractivity contribution is 5.96. The van der Waals surface area contributed by atoms with E-state index in [2.05, 4.69) is 0 Å². The maximum absolute atomic E-state index is 12.2. The van der Waals surface area contributed by atoms with Gasteiger partial charge >= 0.3 is 0 Å². The summed E-state index contributed by atoms with van der Waals surface area (Å²) in [5.41, 5.74) is 0.315. The van der Waals surface area contributed by atoms with Gasteiger partial charge in [0, 0.05) is 19.5 Å². The Morgan fingerprint density at radius 1 is 1.32 bits per heavy atom. The van der Waals surface area contributed by atoms with Crippen LogP contribution in [0.1, 0.15) is 36.0 Å². The average molecular weight is 263 g/mol. The molecular weight excluding hydrogens is 242 g/mol. The van der Waals surface area contributed by atoms with Crippen molar-refractivity contribution in [3.63, 3.8) is 0 Å². The van der Waals surface area contributed by atoms with Crippen LogP contribution in [0.2, 0.25) is 0 Å². The fourth-order valence-corrected chi connectivity index (χ4v) is 2.70. The monoisotopic (exact) mass is 263 g/mol. The first-order valence-electron chi connectivity index (χ1n) is 6.81. The Hall–Kier alpha value is -1.55. The van der Waals surface area contributed by atoms with E-state index in [9.17, 15) is 15.0 Å². The maximum Gasteiger partial charge on any atom is 0.257 e. The minimum absolute atomic E-state index is 0.00328. The standard InChI is InChI=1S/C15H21NO3/c1-16(10-11-6-2-4-8-13(11)17)15(19)12-7-3-5-9-14(12)18/h3,5,7,9,11,13,17-18H,2,4,6,8,10H2,1H3. The predicted molar refractivity (Wildman–Crippen MR) is 73.0 cm³/mol. The number of carbonyl (C=O) groups is 1. The number of hydrogen-bond acceptors (Lipinski definition) is 3. The molecule has 1 aromatic rings. The number of hydrogen-bond donors (Lipinski definition) is 2. The van der Waals surface area contributed by atoms with Gasteiger partial charge in [-0.05, 0) is 25.0 Å². The third-order valence-electron chi connectivity index (χ3n) is 3.86. The Morgan fingerprint density at radius 3 is 2.68 bits per heavy atom. The van der Waals surface area contributed by atoms with Gasteiger partial charge < -0.3 is 15.1 Å². The lowest BCUT2D eigenvalue weighted by atomic mass is 9.86. The Balaban J connectivity index is 2.01. The Labute approximate surface area is 113 Å². The fraction of sp³-hybridized carbons (Fsp3) is 0.533. The van der Waals surface area contributed by atoms with Crippen molar-refractivity contribution in [1.29, 1.82) is 0 Å². The molecule has 0 radical (unpaired) electrons. The van der Waals surface area contributed by atoms with E-state index >= 15 is 0 Å². The van der Waals surface area contributed by atoms with Crippen LogP contribution >= 0.6 is 0 Å². The van der Waals surface area contributed by atoms with E-state index in [0.29, 0.717) is 12.1 Å². The summed E-state index contributed by atoms with van der Waals surface area (Å²) >= 11 is 0. The molecule has 19 heavy (non-hydrogen) atoms. The molecule has 0 aromatic heterocycles. The molecule has 1 aromatic carbocycles. The second kappa shape index (κ2) is 6.06. The molecule has 2 rings (SSSR count). The summed E-state index contributed by atoms with van der Waals surface area (Å²) in [5.74, 6) is -0.0482.